The van der Waals surface area contributed by atoms with Crippen LogP contribution in [0, 0.1) is 5.92 Å². The van der Waals surface area contributed by atoms with Crippen molar-refractivity contribution in [2.45, 2.75) is 24.9 Å². The molecule has 0 radical (unpaired) electrons. The van der Waals surface area contributed by atoms with Crippen LogP contribution >= 0.6 is 0 Å². The third-order valence-electron chi connectivity index (χ3n) is 3.02. The molecule has 1 aliphatic rings. The van der Waals surface area contributed by atoms with E-state index >= 15 is 0 Å². The smallest absolute Gasteiger partial charge is 0.289 e. The molecule has 2 rings (SSSR count). The lowest BCUT2D eigenvalue weighted by molar-refractivity contribution is 0.0645. The summed E-state index contributed by atoms with van der Waals surface area (Å²) < 4.78 is 27.1. The summed E-state index contributed by atoms with van der Waals surface area (Å²) in [5.41, 5.74) is 0. The molecule has 0 aliphatic carbocycles. The lowest BCUT2D eigenvalue weighted by Gasteiger charge is -2.30. The van der Waals surface area contributed by atoms with Crippen molar-refractivity contribution in [1.82, 2.24) is 4.90 Å². The Kier molecular flexibility index (Phi) is 3.45. The maximum Gasteiger partial charge on any atom is 0.289 e. The number of carbonyl (C=O) groups is 1. The van der Waals surface area contributed by atoms with E-state index in [1.165, 1.54) is 12.1 Å². The Hall–Kier alpha value is -1.34. The van der Waals surface area contributed by atoms with Crippen molar-refractivity contribution < 1.29 is 17.6 Å². The third kappa shape index (κ3) is 2.73. The van der Waals surface area contributed by atoms with Crippen LogP contribution in [0.25, 0.3) is 0 Å². The number of hydrogen-bond acceptors (Lipinski definition) is 4. The van der Waals surface area contributed by atoms with Gasteiger partial charge in [-0.05, 0) is 30.9 Å². The van der Waals surface area contributed by atoms with Gasteiger partial charge in [-0.1, -0.05) is 6.92 Å². The zero-order valence-corrected chi connectivity index (χ0v) is 10.9. The molecule has 100 valence electrons. The first-order chi connectivity index (χ1) is 8.38. The van der Waals surface area contributed by atoms with Crippen LogP contribution in [0.1, 0.15) is 30.3 Å². The molecule has 1 fully saturated rings. The van der Waals surface area contributed by atoms with E-state index in [9.17, 15) is 13.2 Å². The van der Waals surface area contributed by atoms with Crippen molar-refractivity contribution in [1.29, 1.82) is 0 Å². The fourth-order valence-corrected chi connectivity index (χ4v) is 2.58. The highest BCUT2D eigenvalue weighted by molar-refractivity contribution is 7.89. The molecular weight excluding hydrogens is 256 g/mol. The number of furan rings is 1. The number of nitrogens with two attached hydrogens (primary N) is 1. The van der Waals surface area contributed by atoms with Gasteiger partial charge in [0.15, 0.2) is 5.76 Å². The van der Waals surface area contributed by atoms with Gasteiger partial charge in [-0.25, -0.2) is 13.6 Å². The van der Waals surface area contributed by atoms with Crippen LogP contribution in [0.4, 0.5) is 0 Å². The van der Waals surface area contributed by atoms with Crippen molar-refractivity contribution in [2.75, 3.05) is 13.1 Å². The standard InChI is InChI=1S/C11H16N2O4S/c1-8-3-2-6-13(7-8)11(14)9-4-5-10(17-9)18(12,15)16/h4-5,8H,2-3,6-7H2,1H3,(H2,12,15,16). The Morgan fingerprint density at radius 2 is 2.22 bits per heavy atom. The molecule has 1 aromatic heterocycles. The number of nitrogens with zero attached hydrogens (tertiary/aromatic N) is 1. The van der Waals surface area contributed by atoms with E-state index in [0.717, 1.165) is 12.8 Å². The number of likely N-dealkylation sites (tertiary alicyclic amines) is 1. The fourth-order valence-electron chi connectivity index (χ4n) is 2.12. The number of rotatable bonds is 2. The summed E-state index contributed by atoms with van der Waals surface area (Å²) in [5.74, 6) is 0.194. The summed E-state index contributed by atoms with van der Waals surface area (Å²) in [6.45, 7) is 3.43. The predicted molar refractivity (Wildman–Crippen MR) is 64.4 cm³/mol. The summed E-state index contributed by atoms with van der Waals surface area (Å²) >= 11 is 0. The minimum absolute atomic E-state index is 0.0214. The first kappa shape index (κ1) is 13.1. The van der Waals surface area contributed by atoms with Gasteiger partial charge in [0.1, 0.15) is 0 Å². The molecule has 18 heavy (non-hydrogen) atoms. The van der Waals surface area contributed by atoms with Crippen LogP contribution in [0.2, 0.25) is 0 Å². The van der Waals surface area contributed by atoms with Crippen molar-refractivity contribution in [2.24, 2.45) is 11.1 Å². The molecule has 1 saturated heterocycles. The second kappa shape index (κ2) is 4.74. The second-order valence-electron chi connectivity index (χ2n) is 4.66. The van der Waals surface area contributed by atoms with E-state index in [4.69, 9.17) is 9.56 Å². The largest absolute Gasteiger partial charge is 0.438 e. The Bertz CT molecular complexity index is 549. The number of amides is 1. The number of carbonyl (C=O) groups excluding carboxylic acids is 1. The molecule has 6 nitrogen and oxygen atoms in total. The molecule has 7 heteroatoms. The molecule has 0 bridgehead atoms. The first-order valence-corrected chi connectivity index (χ1v) is 7.34. The van der Waals surface area contributed by atoms with Crippen molar-refractivity contribution in [3.05, 3.63) is 17.9 Å². The van der Waals surface area contributed by atoms with E-state index in [2.05, 4.69) is 6.92 Å². The number of primary sulfonamides is 1. The molecule has 1 atom stereocenters. The van der Waals surface area contributed by atoms with Gasteiger partial charge in [0.05, 0.1) is 0 Å². The highest BCUT2D eigenvalue weighted by atomic mass is 32.2. The number of piperidine rings is 1. The monoisotopic (exact) mass is 272 g/mol. The van der Waals surface area contributed by atoms with Crippen molar-refractivity contribution >= 4 is 15.9 Å². The van der Waals surface area contributed by atoms with Crippen LogP contribution in [0.15, 0.2) is 21.6 Å². The summed E-state index contributed by atoms with van der Waals surface area (Å²) in [4.78, 5) is 13.8. The molecule has 0 saturated carbocycles. The third-order valence-corrected chi connectivity index (χ3v) is 3.80. The number of sulfonamides is 1. The Morgan fingerprint density at radius 1 is 1.50 bits per heavy atom. The summed E-state index contributed by atoms with van der Waals surface area (Å²) in [7, 11) is -3.89. The van der Waals surface area contributed by atoms with Crippen LogP contribution in [-0.4, -0.2) is 32.3 Å². The maximum absolute atomic E-state index is 12.1. The maximum atomic E-state index is 12.1. The lowest BCUT2D eigenvalue weighted by atomic mass is 10.0. The highest BCUT2D eigenvalue weighted by Gasteiger charge is 2.25. The average molecular weight is 272 g/mol. The summed E-state index contributed by atoms with van der Waals surface area (Å²) in [6, 6.07) is 2.55. The van der Waals surface area contributed by atoms with Crippen LogP contribution in [-0.2, 0) is 10.0 Å². The Morgan fingerprint density at radius 3 is 2.78 bits per heavy atom. The molecule has 0 aromatic carbocycles. The van der Waals surface area contributed by atoms with E-state index in [1.807, 2.05) is 0 Å². The van der Waals surface area contributed by atoms with Crippen molar-refractivity contribution in [3.63, 3.8) is 0 Å². The zero-order chi connectivity index (χ0) is 13.3. The Balaban J connectivity index is 2.16. The van der Waals surface area contributed by atoms with Crippen LogP contribution in [0.5, 0.6) is 0 Å². The van der Waals surface area contributed by atoms with E-state index in [-0.39, 0.29) is 16.8 Å². The SMILES string of the molecule is CC1CCCN(C(=O)c2ccc(S(N)(=O)=O)o2)C1. The van der Waals surface area contributed by atoms with Gasteiger partial charge >= 0.3 is 0 Å². The van der Waals surface area contributed by atoms with Gasteiger partial charge in [-0.3, -0.25) is 4.79 Å². The molecule has 2 heterocycles. The van der Waals surface area contributed by atoms with E-state index in [1.54, 1.807) is 4.90 Å². The number of hydrogen-bond donors (Lipinski definition) is 1. The molecule has 1 unspecified atom stereocenters. The van der Waals surface area contributed by atoms with Crippen LogP contribution in [0.3, 0.4) is 0 Å². The molecule has 0 spiro atoms. The molecular formula is C11H16N2O4S. The van der Waals surface area contributed by atoms with E-state index in [0.29, 0.717) is 19.0 Å². The molecule has 1 aliphatic heterocycles. The topological polar surface area (TPSA) is 93.6 Å². The lowest BCUT2D eigenvalue weighted by Crippen LogP contribution is -2.38. The van der Waals surface area contributed by atoms with Gasteiger partial charge in [-0.2, -0.15) is 0 Å². The quantitative estimate of drug-likeness (QED) is 0.861. The minimum Gasteiger partial charge on any atom is -0.438 e. The van der Waals surface area contributed by atoms with Gasteiger partial charge < -0.3 is 9.32 Å². The van der Waals surface area contributed by atoms with E-state index < -0.39 is 10.0 Å². The second-order valence-corrected chi connectivity index (χ2v) is 6.15. The van der Waals surface area contributed by atoms with Crippen molar-refractivity contribution in [3.8, 4) is 0 Å². The fraction of sp³-hybridized carbons (Fsp3) is 0.545. The molecule has 1 amide bonds. The van der Waals surface area contributed by atoms with Gasteiger partial charge in [0, 0.05) is 13.1 Å². The van der Waals surface area contributed by atoms with Crippen LogP contribution < -0.4 is 5.14 Å². The predicted octanol–water partition coefficient (Wildman–Crippen LogP) is 0.799. The van der Waals surface area contributed by atoms with Gasteiger partial charge in [0.2, 0.25) is 5.09 Å². The molecule has 1 aromatic rings. The molecule has 2 N–H and O–H groups in total. The minimum atomic E-state index is -3.89. The zero-order valence-electron chi connectivity index (χ0n) is 10.1. The normalized spacial score (nSPS) is 21.0. The average Bonchev–Trinajstić information content (AvgIpc) is 2.77. The summed E-state index contributed by atoms with van der Waals surface area (Å²) in [6.07, 6.45) is 2.06. The summed E-state index contributed by atoms with van der Waals surface area (Å²) in [5, 5.41) is 4.55. The van der Waals surface area contributed by atoms with Gasteiger partial charge in [0.25, 0.3) is 15.9 Å². The highest BCUT2D eigenvalue weighted by Crippen LogP contribution is 2.20. The Labute approximate surface area is 106 Å². The first-order valence-electron chi connectivity index (χ1n) is 5.80. The van der Waals surface area contributed by atoms with Gasteiger partial charge in [-0.15, -0.1) is 0 Å².